The lowest BCUT2D eigenvalue weighted by molar-refractivity contribution is -0.119. The largest absolute Gasteiger partial charge is 0.497 e. The van der Waals surface area contributed by atoms with Gasteiger partial charge in [0.15, 0.2) is 0 Å². The van der Waals surface area contributed by atoms with E-state index in [2.05, 4.69) is 5.32 Å². The monoisotopic (exact) mass is 387 g/mol. The van der Waals surface area contributed by atoms with Crippen molar-refractivity contribution in [1.82, 2.24) is 5.32 Å². The Labute approximate surface area is 159 Å². The summed E-state index contributed by atoms with van der Waals surface area (Å²) in [6.07, 6.45) is 1.58. The minimum Gasteiger partial charge on any atom is -0.497 e. The zero-order chi connectivity index (χ0) is 19.9. The fourth-order valence-electron chi connectivity index (χ4n) is 2.53. The van der Waals surface area contributed by atoms with Crippen molar-refractivity contribution in [2.24, 2.45) is 0 Å². The van der Waals surface area contributed by atoms with Gasteiger partial charge in [0, 0.05) is 6.54 Å². The van der Waals surface area contributed by atoms with Crippen molar-refractivity contribution in [2.45, 2.75) is 6.42 Å². The molecule has 1 amide bonds. The molecule has 2 rings (SSSR count). The van der Waals surface area contributed by atoms with Gasteiger partial charge in [0.2, 0.25) is 15.9 Å². The maximum Gasteiger partial charge on any atom is 0.240 e. The number of amides is 1. The number of hydrogen-bond acceptors (Lipinski definition) is 5. The molecule has 27 heavy (non-hydrogen) atoms. The summed E-state index contributed by atoms with van der Waals surface area (Å²) < 4.78 is 30.3. The predicted octanol–water partition coefficient (Wildman–Crippen LogP) is 1.69. The van der Waals surface area contributed by atoms with Crippen LogP contribution in [0, 0.1) is 11.3 Å². The van der Waals surface area contributed by atoms with E-state index in [1.54, 1.807) is 19.2 Å². The number of methoxy groups -OCH3 is 1. The smallest absolute Gasteiger partial charge is 0.240 e. The van der Waals surface area contributed by atoms with Crippen LogP contribution in [0.5, 0.6) is 5.75 Å². The highest BCUT2D eigenvalue weighted by molar-refractivity contribution is 7.92. The third kappa shape index (κ3) is 5.72. The fourth-order valence-corrected chi connectivity index (χ4v) is 3.40. The predicted molar refractivity (Wildman–Crippen MR) is 103 cm³/mol. The van der Waals surface area contributed by atoms with Crippen LogP contribution in [0.3, 0.4) is 0 Å². The summed E-state index contributed by atoms with van der Waals surface area (Å²) >= 11 is 0. The van der Waals surface area contributed by atoms with Crippen LogP contribution in [0.25, 0.3) is 0 Å². The number of anilines is 1. The van der Waals surface area contributed by atoms with Gasteiger partial charge in [-0.25, -0.2) is 8.42 Å². The number of ether oxygens (including phenoxy) is 1. The van der Waals surface area contributed by atoms with E-state index in [1.807, 2.05) is 30.3 Å². The third-order valence-corrected chi connectivity index (χ3v) is 4.98. The summed E-state index contributed by atoms with van der Waals surface area (Å²) in [5.74, 6) is 0.284. The van der Waals surface area contributed by atoms with E-state index in [1.165, 1.54) is 12.1 Å². The number of nitriles is 1. The van der Waals surface area contributed by atoms with Crippen LogP contribution in [0.1, 0.15) is 11.1 Å². The summed E-state index contributed by atoms with van der Waals surface area (Å²) in [4.78, 5) is 12.3. The molecule has 0 unspecified atom stereocenters. The third-order valence-electron chi connectivity index (χ3n) is 3.85. The minimum atomic E-state index is -3.73. The molecule has 7 nitrogen and oxygen atoms in total. The van der Waals surface area contributed by atoms with Crippen molar-refractivity contribution in [3.8, 4) is 11.8 Å². The van der Waals surface area contributed by atoms with Crippen molar-refractivity contribution in [1.29, 1.82) is 5.26 Å². The first-order chi connectivity index (χ1) is 12.8. The lowest BCUT2D eigenvalue weighted by atomic mass is 10.1. The lowest BCUT2D eigenvalue weighted by Gasteiger charge is -2.22. The topological polar surface area (TPSA) is 99.5 Å². The van der Waals surface area contributed by atoms with Crippen LogP contribution >= 0.6 is 0 Å². The number of hydrogen-bond donors (Lipinski definition) is 1. The second-order valence-corrected chi connectivity index (χ2v) is 7.76. The first kappa shape index (κ1) is 20.3. The van der Waals surface area contributed by atoms with Gasteiger partial charge in [-0.2, -0.15) is 5.26 Å². The van der Waals surface area contributed by atoms with Crippen LogP contribution in [-0.4, -0.2) is 40.8 Å². The molecular formula is C19H21N3O4S. The summed E-state index contributed by atoms with van der Waals surface area (Å²) in [7, 11) is -2.14. The fraction of sp³-hybridized carbons (Fsp3) is 0.263. The van der Waals surface area contributed by atoms with Crippen LogP contribution in [0.15, 0.2) is 48.5 Å². The zero-order valence-corrected chi connectivity index (χ0v) is 16.0. The zero-order valence-electron chi connectivity index (χ0n) is 15.2. The van der Waals surface area contributed by atoms with E-state index in [0.717, 1.165) is 21.9 Å². The molecule has 8 heteroatoms. The van der Waals surface area contributed by atoms with Crippen LogP contribution in [0.2, 0.25) is 0 Å². The summed E-state index contributed by atoms with van der Waals surface area (Å²) in [6, 6.07) is 15.7. The van der Waals surface area contributed by atoms with Gasteiger partial charge in [0.1, 0.15) is 18.4 Å². The first-order valence-corrected chi connectivity index (χ1v) is 10.1. The molecule has 0 bridgehead atoms. The van der Waals surface area contributed by atoms with Gasteiger partial charge in [0.25, 0.3) is 0 Å². The highest BCUT2D eigenvalue weighted by atomic mass is 32.2. The van der Waals surface area contributed by atoms with E-state index in [4.69, 9.17) is 4.74 Å². The maximum absolute atomic E-state index is 12.3. The number of rotatable bonds is 8. The number of carbonyl (C=O) groups excluding carboxylic acids is 1. The molecule has 2 aromatic rings. The molecule has 0 aliphatic heterocycles. The van der Waals surface area contributed by atoms with Crippen molar-refractivity contribution in [3.05, 3.63) is 59.7 Å². The number of nitrogens with zero attached hydrogens (tertiary/aromatic N) is 2. The molecule has 0 saturated heterocycles. The molecule has 0 aliphatic carbocycles. The Bertz CT molecular complexity index is 951. The van der Waals surface area contributed by atoms with Gasteiger partial charge in [-0.3, -0.25) is 9.10 Å². The molecule has 0 fully saturated rings. The first-order valence-electron chi connectivity index (χ1n) is 8.21. The second kappa shape index (κ2) is 9.05. The Morgan fingerprint density at radius 2 is 1.96 bits per heavy atom. The quantitative estimate of drug-likeness (QED) is 0.743. The average molecular weight is 387 g/mol. The van der Waals surface area contributed by atoms with E-state index in [9.17, 15) is 18.5 Å². The molecule has 2 aromatic carbocycles. The van der Waals surface area contributed by atoms with E-state index < -0.39 is 22.5 Å². The number of carbonyl (C=O) groups is 1. The number of benzene rings is 2. The molecule has 1 N–H and O–H groups in total. The Hall–Kier alpha value is -3.05. The Morgan fingerprint density at radius 3 is 2.63 bits per heavy atom. The SMILES string of the molecule is COc1cccc(CCNC(=O)CN(c2ccccc2C#N)S(C)(=O)=O)c1. The van der Waals surface area contributed by atoms with E-state index in [-0.39, 0.29) is 11.3 Å². The molecule has 142 valence electrons. The molecule has 0 spiro atoms. The molecule has 0 radical (unpaired) electrons. The highest BCUT2D eigenvalue weighted by Gasteiger charge is 2.23. The van der Waals surface area contributed by atoms with Crippen molar-refractivity contribution in [3.63, 3.8) is 0 Å². The number of para-hydroxylation sites is 1. The number of sulfonamides is 1. The standard InChI is InChI=1S/C19H21N3O4S/c1-26-17-8-5-6-15(12-17)10-11-21-19(23)14-22(27(2,24)25)18-9-4-3-7-16(18)13-20/h3-9,12H,10-11,14H2,1-2H3,(H,21,23). The van der Waals surface area contributed by atoms with Crippen molar-refractivity contribution < 1.29 is 17.9 Å². The average Bonchev–Trinajstić information content (AvgIpc) is 2.65. The van der Waals surface area contributed by atoms with Crippen LogP contribution in [0.4, 0.5) is 5.69 Å². The summed E-state index contributed by atoms with van der Waals surface area (Å²) in [5.41, 5.74) is 1.36. The Kier molecular flexibility index (Phi) is 6.79. The van der Waals surface area contributed by atoms with Gasteiger partial charge >= 0.3 is 0 Å². The molecule has 0 aliphatic rings. The number of nitrogens with one attached hydrogen (secondary N) is 1. The van der Waals surface area contributed by atoms with Gasteiger partial charge < -0.3 is 10.1 Å². The van der Waals surface area contributed by atoms with Crippen LogP contribution < -0.4 is 14.4 Å². The maximum atomic E-state index is 12.3. The molecule has 0 heterocycles. The van der Waals surface area contributed by atoms with E-state index >= 15 is 0 Å². The van der Waals surface area contributed by atoms with Gasteiger partial charge in [-0.05, 0) is 36.2 Å². The molecule has 0 aromatic heterocycles. The van der Waals surface area contributed by atoms with Gasteiger partial charge in [0.05, 0.1) is 24.6 Å². The molecule has 0 atom stereocenters. The van der Waals surface area contributed by atoms with Crippen molar-refractivity contribution >= 4 is 21.6 Å². The molecule has 0 saturated carbocycles. The lowest BCUT2D eigenvalue weighted by Crippen LogP contribution is -2.41. The van der Waals surface area contributed by atoms with Gasteiger partial charge in [-0.1, -0.05) is 24.3 Å². The Morgan fingerprint density at radius 1 is 1.22 bits per heavy atom. The van der Waals surface area contributed by atoms with Crippen molar-refractivity contribution in [2.75, 3.05) is 30.8 Å². The normalized spacial score (nSPS) is 10.7. The second-order valence-electron chi connectivity index (χ2n) is 5.85. The summed E-state index contributed by atoms with van der Waals surface area (Å²) in [5, 5.41) is 11.9. The molecular weight excluding hydrogens is 366 g/mol. The van der Waals surface area contributed by atoms with E-state index in [0.29, 0.717) is 13.0 Å². The Balaban J connectivity index is 2.03. The highest BCUT2D eigenvalue weighted by Crippen LogP contribution is 2.21. The van der Waals surface area contributed by atoms with Crippen LogP contribution in [-0.2, 0) is 21.2 Å². The summed E-state index contributed by atoms with van der Waals surface area (Å²) in [6.45, 7) is -0.0425. The minimum absolute atomic E-state index is 0.186. The van der Waals surface area contributed by atoms with Gasteiger partial charge in [-0.15, -0.1) is 0 Å².